The summed E-state index contributed by atoms with van der Waals surface area (Å²) in [4.78, 5) is 23.6. The second kappa shape index (κ2) is 11.6. The average Bonchev–Trinajstić information content (AvgIpc) is 2.58. The van der Waals surface area contributed by atoms with Gasteiger partial charge in [0.05, 0.1) is 20.3 Å². The van der Waals surface area contributed by atoms with Crippen LogP contribution in [0.3, 0.4) is 0 Å². The van der Waals surface area contributed by atoms with Gasteiger partial charge in [0, 0.05) is 7.11 Å². The van der Waals surface area contributed by atoms with Gasteiger partial charge in [0.15, 0.2) is 0 Å². The molecule has 0 radical (unpaired) electrons. The highest BCUT2D eigenvalue weighted by molar-refractivity contribution is 5.84. The molecule has 0 aliphatic carbocycles. The molecule has 0 spiro atoms. The first-order chi connectivity index (χ1) is 11.2. The topological polar surface area (TPSA) is 73.9 Å². The van der Waals surface area contributed by atoms with Crippen molar-refractivity contribution in [2.75, 3.05) is 34.0 Å². The summed E-state index contributed by atoms with van der Waals surface area (Å²) >= 11 is 0. The zero-order valence-corrected chi connectivity index (χ0v) is 13.7. The second-order valence-corrected chi connectivity index (χ2v) is 5.07. The van der Waals surface area contributed by atoms with Crippen molar-refractivity contribution in [3.8, 4) is 0 Å². The number of hydrogen-bond acceptors (Lipinski definition) is 5. The van der Waals surface area contributed by atoms with Gasteiger partial charge in [-0.3, -0.25) is 4.79 Å². The molecule has 0 aliphatic rings. The number of benzene rings is 1. The van der Waals surface area contributed by atoms with Crippen molar-refractivity contribution in [2.24, 2.45) is 0 Å². The molecule has 1 atom stereocenters. The number of hydrogen-bond donors (Lipinski definition) is 1. The zero-order chi connectivity index (χ0) is 16.9. The normalized spacial score (nSPS) is 11.7. The monoisotopic (exact) mass is 323 g/mol. The van der Waals surface area contributed by atoms with Crippen molar-refractivity contribution in [1.82, 2.24) is 5.32 Å². The molecule has 0 fully saturated rings. The maximum absolute atomic E-state index is 11.8. The highest BCUT2D eigenvalue weighted by Crippen LogP contribution is 2.07. The fraction of sp³-hybridized carbons (Fsp3) is 0.529. The summed E-state index contributed by atoms with van der Waals surface area (Å²) in [6.07, 6.45) is 2.13. The van der Waals surface area contributed by atoms with E-state index < -0.39 is 12.0 Å². The number of esters is 1. The molecule has 128 valence electrons. The van der Waals surface area contributed by atoms with Crippen LogP contribution < -0.4 is 5.32 Å². The van der Waals surface area contributed by atoms with Crippen LogP contribution in [0, 0.1) is 0 Å². The van der Waals surface area contributed by atoms with Gasteiger partial charge in [-0.25, -0.2) is 4.79 Å². The van der Waals surface area contributed by atoms with Crippen LogP contribution in [0.25, 0.3) is 0 Å². The van der Waals surface area contributed by atoms with E-state index in [0.717, 1.165) is 12.8 Å². The van der Waals surface area contributed by atoms with E-state index in [2.05, 4.69) is 5.32 Å². The third-order valence-electron chi connectivity index (χ3n) is 3.29. The van der Waals surface area contributed by atoms with Crippen LogP contribution in [-0.4, -0.2) is 52.0 Å². The third kappa shape index (κ3) is 8.32. The summed E-state index contributed by atoms with van der Waals surface area (Å²) in [6.45, 7) is 0.654. The first kappa shape index (κ1) is 19.1. The van der Waals surface area contributed by atoms with Gasteiger partial charge < -0.3 is 19.5 Å². The molecular formula is C17H25NO5. The Labute approximate surface area is 137 Å². The van der Waals surface area contributed by atoms with Crippen LogP contribution in [0.5, 0.6) is 0 Å². The first-order valence-electron chi connectivity index (χ1n) is 7.65. The van der Waals surface area contributed by atoms with Crippen LogP contribution in [0.4, 0.5) is 0 Å². The van der Waals surface area contributed by atoms with E-state index in [9.17, 15) is 9.59 Å². The number of amides is 1. The van der Waals surface area contributed by atoms with E-state index in [1.165, 1.54) is 12.7 Å². The Morgan fingerprint density at radius 2 is 1.87 bits per heavy atom. The standard InChI is InChI=1S/C17H25NO5/c1-21-11-12-23-13-16(19)18-15(17(20)22-2)10-6-9-14-7-4-3-5-8-14/h3-5,7-8,15H,6,9-13H2,1-2H3,(H,18,19)/t15-/m0/s1. The fourth-order valence-electron chi connectivity index (χ4n) is 2.09. The molecule has 1 aromatic carbocycles. The molecule has 6 nitrogen and oxygen atoms in total. The Morgan fingerprint density at radius 1 is 1.13 bits per heavy atom. The number of carbonyl (C=O) groups is 2. The molecule has 0 saturated carbocycles. The van der Waals surface area contributed by atoms with Crippen molar-refractivity contribution >= 4 is 11.9 Å². The maximum Gasteiger partial charge on any atom is 0.328 e. The predicted molar refractivity (Wildman–Crippen MR) is 86.0 cm³/mol. The summed E-state index contributed by atoms with van der Waals surface area (Å²) in [6, 6.07) is 9.34. The van der Waals surface area contributed by atoms with Crippen LogP contribution in [0.1, 0.15) is 18.4 Å². The molecule has 1 N–H and O–H groups in total. The highest BCUT2D eigenvalue weighted by atomic mass is 16.5. The summed E-state index contributed by atoms with van der Waals surface area (Å²) in [5.74, 6) is -0.778. The zero-order valence-electron chi connectivity index (χ0n) is 13.7. The molecule has 0 aromatic heterocycles. The quantitative estimate of drug-likeness (QED) is 0.491. The maximum atomic E-state index is 11.8. The highest BCUT2D eigenvalue weighted by Gasteiger charge is 2.21. The Hall–Kier alpha value is -1.92. The summed E-state index contributed by atoms with van der Waals surface area (Å²) in [5.41, 5.74) is 1.20. The van der Waals surface area contributed by atoms with Gasteiger partial charge in [0.1, 0.15) is 12.6 Å². The van der Waals surface area contributed by atoms with E-state index in [1.807, 2.05) is 30.3 Å². The van der Waals surface area contributed by atoms with Crippen molar-refractivity contribution in [3.63, 3.8) is 0 Å². The van der Waals surface area contributed by atoms with Crippen molar-refractivity contribution in [3.05, 3.63) is 35.9 Å². The minimum Gasteiger partial charge on any atom is -0.467 e. The van der Waals surface area contributed by atoms with E-state index in [0.29, 0.717) is 19.6 Å². The van der Waals surface area contributed by atoms with Crippen molar-refractivity contribution in [1.29, 1.82) is 0 Å². The number of aryl methyl sites for hydroxylation is 1. The van der Waals surface area contributed by atoms with E-state index in [1.54, 1.807) is 7.11 Å². The minimum absolute atomic E-state index is 0.102. The van der Waals surface area contributed by atoms with Crippen molar-refractivity contribution < 1.29 is 23.8 Å². The van der Waals surface area contributed by atoms with Gasteiger partial charge in [-0.15, -0.1) is 0 Å². The lowest BCUT2D eigenvalue weighted by molar-refractivity contribution is -0.146. The van der Waals surface area contributed by atoms with E-state index >= 15 is 0 Å². The molecule has 0 aliphatic heterocycles. The summed E-state index contributed by atoms with van der Waals surface area (Å²) < 4.78 is 14.7. The van der Waals surface area contributed by atoms with Crippen LogP contribution in [-0.2, 0) is 30.2 Å². The number of nitrogens with one attached hydrogen (secondary N) is 1. The van der Waals surface area contributed by atoms with Crippen LogP contribution >= 0.6 is 0 Å². The van der Waals surface area contributed by atoms with Gasteiger partial charge in [-0.2, -0.15) is 0 Å². The predicted octanol–water partition coefficient (Wildman–Crippen LogP) is 1.33. The molecule has 1 rings (SSSR count). The Kier molecular flexibility index (Phi) is 9.66. The third-order valence-corrected chi connectivity index (χ3v) is 3.29. The Balaban J connectivity index is 2.37. The molecule has 0 unspecified atom stereocenters. The number of rotatable bonds is 11. The molecule has 23 heavy (non-hydrogen) atoms. The van der Waals surface area contributed by atoms with Gasteiger partial charge in [0.25, 0.3) is 0 Å². The lowest BCUT2D eigenvalue weighted by Gasteiger charge is -2.16. The first-order valence-corrected chi connectivity index (χ1v) is 7.65. The average molecular weight is 323 g/mol. The molecule has 1 amide bonds. The summed E-state index contributed by atoms with van der Waals surface area (Å²) in [5, 5.41) is 2.65. The largest absolute Gasteiger partial charge is 0.467 e. The van der Waals surface area contributed by atoms with E-state index in [-0.39, 0.29) is 12.5 Å². The van der Waals surface area contributed by atoms with Gasteiger partial charge in [0.2, 0.25) is 5.91 Å². The van der Waals surface area contributed by atoms with Gasteiger partial charge in [-0.1, -0.05) is 30.3 Å². The van der Waals surface area contributed by atoms with Crippen LogP contribution in [0.2, 0.25) is 0 Å². The second-order valence-electron chi connectivity index (χ2n) is 5.07. The smallest absolute Gasteiger partial charge is 0.328 e. The lowest BCUT2D eigenvalue weighted by atomic mass is 10.0. The lowest BCUT2D eigenvalue weighted by Crippen LogP contribution is -2.43. The van der Waals surface area contributed by atoms with Gasteiger partial charge >= 0.3 is 5.97 Å². The molecule has 1 aromatic rings. The Morgan fingerprint density at radius 3 is 2.52 bits per heavy atom. The molecule has 6 heteroatoms. The fourth-order valence-corrected chi connectivity index (χ4v) is 2.09. The molecule has 0 saturated heterocycles. The number of methoxy groups -OCH3 is 2. The van der Waals surface area contributed by atoms with Crippen molar-refractivity contribution in [2.45, 2.75) is 25.3 Å². The van der Waals surface area contributed by atoms with Crippen LogP contribution in [0.15, 0.2) is 30.3 Å². The van der Waals surface area contributed by atoms with Gasteiger partial charge in [-0.05, 0) is 24.8 Å². The van der Waals surface area contributed by atoms with E-state index in [4.69, 9.17) is 14.2 Å². The molecule has 0 bridgehead atoms. The minimum atomic E-state index is -0.651. The molecule has 0 heterocycles. The Bertz CT molecular complexity index is 463. The number of ether oxygens (including phenoxy) is 3. The number of carbonyl (C=O) groups excluding carboxylic acids is 2. The SMILES string of the molecule is COCCOCC(=O)N[C@@H](CCCc1ccccc1)C(=O)OC. The molecular weight excluding hydrogens is 298 g/mol. The summed E-state index contributed by atoms with van der Waals surface area (Å²) in [7, 11) is 2.87.